The molecule has 2 fully saturated rings. The third-order valence-corrected chi connectivity index (χ3v) is 11.1. The molecule has 3 heterocycles. The third kappa shape index (κ3) is 8.54. The van der Waals surface area contributed by atoms with E-state index in [4.69, 9.17) is 4.74 Å². The van der Waals surface area contributed by atoms with Crippen molar-refractivity contribution in [2.45, 2.75) is 115 Å². The predicted octanol–water partition coefficient (Wildman–Crippen LogP) is 5.96. The van der Waals surface area contributed by atoms with Crippen molar-refractivity contribution in [1.29, 1.82) is 0 Å². The number of carbonyl (C=O) groups is 4. The molecular formula is C39H55N5O5S. The van der Waals surface area contributed by atoms with Crippen LogP contribution in [0.3, 0.4) is 0 Å². The Kier molecular flexibility index (Phi) is 12.8. The van der Waals surface area contributed by atoms with E-state index in [1.54, 1.807) is 10.3 Å². The van der Waals surface area contributed by atoms with E-state index in [-0.39, 0.29) is 35.4 Å². The normalized spacial score (nSPS) is 19.4. The van der Waals surface area contributed by atoms with Crippen LogP contribution < -0.4 is 5.32 Å². The lowest BCUT2D eigenvalue weighted by molar-refractivity contribution is -0.147. The van der Waals surface area contributed by atoms with E-state index >= 15 is 0 Å². The van der Waals surface area contributed by atoms with E-state index in [9.17, 15) is 19.2 Å². The highest BCUT2D eigenvalue weighted by atomic mass is 32.1. The minimum atomic E-state index is -0.827. The van der Waals surface area contributed by atoms with Crippen LogP contribution in [-0.2, 0) is 25.5 Å². The van der Waals surface area contributed by atoms with Crippen LogP contribution >= 0.6 is 11.3 Å². The zero-order chi connectivity index (χ0) is 36.8. The summed E-state index contributed by atoms with van der Waals surface area (Å²) in [6.07, 6.45) is 7.64. The van der Waals surface area contributed by atoms with Gasteiger partial charge >= 0.3 is 5.97 Å². The Balaban J connectivity index is 1.58. The molecule has 2 saturated heterocycles. The Bertz CT molecular complexity index is 1520. The molecule has 1 N–H and O–H groups in total. The van der Waals surface area contributed by atoms with Crippen LogP contribution in [0.15, 0.2) is 61.0 Å². The molecule has 0 bridgehead atoms. The number of benzene rings is 1. The summed E-state index contributed by atoms with van der Waals surface area (Å²) in [6, 6.07) is 7.73. The summed E-state index contributed by atoms with van der Waals surface area (Å²) in [5.41, 5.74) is 0.184. The lowest BCUT2D eigenvalue weighted by Gasteiger charge is -2.50. The minimum absolute atomic E-state index is 0.116. The van der Waals surface area contributed by atoms with Gasteiger partial charge in [-0.15, -0.1) is 24.5 Å². The van der Waals surface area contributed by atoms with Gasteiger partial charge in [0.2, 0.25) is 17.7 Å². The monoisotopic (exact) mass is 705 g/mol. The number of nitrogens with one attached hydrogen (secondary N) is 1. The lowest BCUT2D eigenvalue weighted by Crippen LogP contribution is -2.64. The fourth-order valence-corrected chi connectivity index (χ4v) is 8.35. The second-order valence-corrected chi connectivity index (χ2v) is 15.7. The van der Waals surface area contributed by atoms with Crippen LogP contribution in [-0.4, -0.2) is 92.8 Å². The second kappa shape index (κ2) is 16.5. The Morgan fingerprint density at radius 2 is 1.64 bits per heavy atom. The van der Waals surface area contributed by atoms with Crippen LogP contribution in [0.1, 0.15) is 101 Å². The Morgan fingerprint density at radius 3 is 2.24 bits per heavy atom. The molecule has 4 unspecified atom stereocenters. The summed E-state index contributed by atoms with van der Waals surface area (Å²) in [7, 11) is 1.32. The molecule has 0 aliphatic carbocycles. The Morgan fingerprint density at radius 1 is 1.02 bits per heavy atom. The van der Waals surface area contributed by atoms with Crippen LogP contribution in [0.5, 0.6) is 0 Å². The molecule has 2 aliphatic rings. The summed E-state index contributed by atoms with van der Waals surface area (Å²) in [4.78, 5) is 65.3. The van der Waals surface area contributed by atoms with Crippen molar-refractivity contribution < 1.29 is 23.9 Å². The number of thiazole rings is 1. The van der Waals surface area contributed by atoms with Crippen molar-refractivity contribution in [3.8, 4) is 0 Å². The molecule has 1 aromatic carbocycles. The largest absolute Gasteiger partial charge is 0.464 e. The molecule has 4 rings (SSSR count). The standard InChI is InChI=1S/C39H55N5O5S/c1-10-38(5,6)44(39(7,8)11-2)29(22-21-27-17-13-12-14-18-27)33(45)41-32(26(3)4)36(47)43-24-16-20-31(43)35(46)42-23-15-19-30(42)34-40-28(25-50-34)37(48)49-9/h10-14,17-18,25-26,29-32H,1-2,15-16,19-24H2,3-9H3,(H,41,45). The number of ether oxygens (including phenoxy) is 1. The number of aromatic nitrogens is 1. The summed E-state index contributed by atoms with van der Waals surface area (Å²) in [5, 5.41) is 5.51. The maximum atomic E-state index is 14.6. The first-order valence-corrected chi connectivity index (χ1v) is 18.6. The van der Waals surface area contributed by atoms with E-state index < -0.39 is 35.2 Å². The predicted molar refractivity (Wildman–Crippen MR) is 198 cm³/mol. The van der Waals surface area contributed by atoms with Gasteiger partial charge in [-0.3, -0.25) is 19.3 Å². The van der Waals surface area contributed by atoms with Gasteiger partial charge in [-0.25, -0.2) is 9.78 Å². The number of nitrogens with zero attached hydrogens (tertiary/aromatic N) is 4. The van der Waals surface area contributed by atoms with Gasteiger partial charge in [-0.1, -0.05) is 56.3 Å². The number of carbonyl (C=O) groups excluding carboxylic acids is 4. The van der Waals surface area contributed by atoms with E-state index in [0.717, 1.165) is 18.4 Å². The number of amides is 3. The Hall–Kier alpha value is -3.83. The highest BCUT2D eigenvalue weighted by molar-refractivity contribution is 7.09. The fourth-order valence-electron chi connectivity index (χ4n) is 7.41. The number of methoxy groups -OCH3 is 1. The minimum Gasteiger partial charge on any atom is -0.464 e. The average Bonchev–Trinajstić information content (AvgIpc) is 3.89. The molecule has 272 valence electrons. The van der Waals surface area contributed by atoms with Crippen LogP contribution in [0.25, 0.3) is 0 Å². The summed E-state index contributed by atoms with van der Waals surface area (Å²) in [5.74, 6) is -1.35. The van der Waals surface area contributed by atoms with E-state index in [1.165, 1.54) is 18.4 Å². The van der Waals surface area contributed by atoms with Gasteiger partial charge in [0.05, 0.1) is 19.2 Å². The SMILES string of the molecule is C=CC(C)(C)N(C(CCc1ccccc1)C(=O)NC(C(=O)N1CCCC1C(=O)N1CCCC1c1nc(C(=O)OC)cs1)C(C)C)C(C)(C)C=C. The van der Waals surface area contributed by atoms with Crippen molar-refractivity contribution in [3.63, 3.8) is 0 Å². The van der Waals surface area contributed by atoms with Crippen molar-refractivity contribution >= 4 is 35.0 Å². The van der Waals surface area contributed by atoms with E-state index in [0.29, 0.717) is 43.8 Å². The van der Waals surface area contributed by atoms with Crippen molar-refractivity contribution in [2.75, 3.05) is 20.2 Å². The summed E-state index contributed by atoms with van der Waals surface area (Å²) in [6.45, 7) is 21.2. The number of aryl methyl sites for hydroxylation is 1. The lowest BCUT2D eigenvalue weighted by atomic mass is 9.87. The van der Waals surface area contributed by atoms with Gasteiger partial charge in [0.15, 0.2) is 5.69 Å². The van der Waals surface area contributed by atoms with E-state index in [1.807, 2.05) is 76.8 Å². The van der Waals surface area contributed by atoms with Gasteiger partial charge in [-0.05, 0) is 77.7 Å². The molecule has 2 aliphatic heterocycles. The smallest absolute Gasteiger partial charge is 0.357 e. The van der Waals surface area contributed by atoms with Crippen LogP contribution in [0.4, 0.5) is 0 Å². The van der Waals surface area contributed by atoms with Crippen molar-refractivity contribution in [2.24, 2.45) is 5.92 Å². The number of hydrogen-bond acceptors (Lipinski definition) is 8. The fraction of sp³-hybridized carbons (Fsp3) is 0.564. The molecule has 1 aromatic heterocycles. The molecule has 3 amide bonds. The molecular weight excluding hydrogens is 651 g/mol. The van der Waals surface area contributed by atoms with Gasteiger partial charge in [-0.2, -0.15) is 0 Å². The number of esters is 1. The summed E-state index contributed by atoms with van der Waals surface area (Å²) >= 11 is 1.34. The highest BCUT2D eigenvalue weighted by Crippen LogP contribution is 2.36. The van der Waals surface area contributed by atoms with Crippen LogP contribution in [0.2, 0.25) is 0 Å². The number of hydrogen-bond donors (Lipinski definition) is 1. The molecule has 10 nitrogen and oxygen atoms in total. The molecule has 0 radical (unpaired) electrons. The first kappa shape index (κ1) is 39.0. The molecule has 0 saturated carbocycles. The highest BCUT2D eigenvalue weighted by Gasteiger charge is 2.46. The second-order valence-electron chi connectivity index (χ2n) is 14.8. The molecule has 50 heavy (non-hydrogen) atoms. The first-order valence-electron chi connectivity index (χ1n) is 17.7. The quantitative estimate of drug-likeness (QED) is 0.180. The molecule has 11 heteroatoms. The average molecular weight is 706 g/mol. The molecule has 2 aromatic rings. The molecule has 0 spiro atoms. The third-order valence-electron chi connectivity index (χ3n) is 10.2. The Labute approximate surface area is 301 Å². The van der Waals surface area contributed by atoms with Gasteiger partial charge in [0.25, 0.3) is 0 Å². The topological polar surface area (TPSA) is 112 Å². The number of likely N-dealkylation sites (tertiary alicyclic amines) is 2. The van der Waals surface area contributed by atoms with Gasteiger partial charge < -0.3 is 19.9 Å². The maximum Gasteiger partial charge on any atom is 0.357 e. The van der Waals surface area contributed by atoms with Crippen molar-refractivity contribution in [1.82, 2.24) is 25.0 Å². The first-order chi connectivity index (χ1) is 23.7. The van der Waals surface area contributed by atoms with Crippen LogP contribution in [0, 0.1) is 5.92 Å². The zero-order valence-electron chi connectivity index (χ0n) is 30.8. The zero-order valence-corrected chi connectivity index (χ0v) is 31.6. The summed E-state index contributed by atoms with van der Waals surface area (Å²) < 4.78 is 4.82. The number of rotatable bonds is 15. The van der Waals surface area contributed by atoms with Gasteiger partial charge in [0.1, 0.15) is 17.1 Å². The van der Waals surface area contributed by atoms with Gasteiger partial charge in [0, 0.05) is 29.5 Å². The van der Waals surface area contributed by atoms with E-state index in [2.05, 4.69) is 40.5 Å². The maximum absolute atomic E-state index is 14.6. The van der Waals surface area contributed by atoms with Crippen molar-refractivity contribution in [3.05, 3.63) is 77.3 Å². The molecule has 4 atom stereocenters.